The first kappa shape index (κ1) is 20.4. The van der Waals surface area contributed by atoms with Crippen molar-refractivity contribution in [1.82, 2.24) is 19.7 Å². The maximum atomic E-state index is 16.6. The highest BCUT2D eigenvalue weighted by Crippen LogP contribution is 2.55. The van der Waals surface area contributed by atoms with Crippen LogP contribution in [0.4, 0.5) is 16.2 Å². The van der Waals surface area contributed by atoms with Crippen LogP contribution in [0.15, 0.2) is 64.8 Å². The molecule has 1 aliphatic heterocycles. The Balaban J connectivity index is 1.73. The molecule has 10 heteroatoms. The van der Waals surface area contributed by atoms with Crippen molar-refractivity contribution in [3.63, 3.8) is 0 Å². The molecular weight excluding hydrogens is 427 g/mol. The smallest absolute Gasteiger partial charge is 0.256 e. The van der Waals surface area contributed by atoms with E-state index >= 15 is 4.39 Å². The van der Waals surface area contributed by atoms with Crippen LogP contribution < -0.4 is 11.1 Å². The second-order valence-electron chi connectivity index (χ2n) is 6.75. The first-order valence-electron chi connectivity index (χ1n) is 9.07. The summed E-state index contributed by atoms with van der Waals surface area (Å²) in [6, 6.07) is 12.6. The van der Waals surface area contributed by atoms with Gasteiger partial charge < -0.3 is 11.1 Å². The molecule has 0 bridgehead atoms. The van der Waals surface area contributed by atoms with E-state index in [2.05, 4.69) is 20.4 Å². The molecule has 7 nitrogen and oxygen atoms in total. The summed E-state index contributed by atoms with van der Waals surface area (Å²) in [4.78, 5) is 20.4. The second-order valence-corrected chi connectivity index (χ2v) is 8.34. The van der Waals surface area contributed by atoms with Gasteiger partial charge in [0.05, 0.1) is 27.1 Å². The Hall–Kier alpha value is -2.91. The van der Waals surface area contributed by atoms with Crippen LogP contribution in [0.2, 0.25) is 0 Å². The maximum Gasteiger partial charge on any atom is 0.256 e. The highest BCUT2D eigenvalue weighted by molar-refractivity contribution is 8.05. The number of nitrogens with two attached hydrogens (primary N) is 1. The zero-order chi connectivity index (χ0) is 21.3. The molecule has 154 valence electrons. The molecule has 0 spiro atoms. The van der Waals surface area contributed by atoms with E-state index in [0.29, 0.717) is 12.2 Å². The molecular formula is C20H18ClFN6OS. The number of halogens is 2. The summed E-state index contributed by atoms with van der Waals surface area (Å²) < 4.78 is 18.2. The Morgan fingerprint density at radius 2 is 2.07 bits per heavy atom. The van der Waals surface area contributed by atoms with Gasteiger partial charge in [0.25, 0.3) is 5.91 Å². The number of carbonyl (C=O) groups excluding carboxylic acids is 1. The highest BCUT2D eigenvalue weighted by atomic mass is 35.5. The fourth-order valence-corrected chi connectivity index (χ4v) is 5.12. The van der Waals surface area contributed by atoms with Gasteiger partial charge in [-0.25, -0.2) is 14.4 Å². The number of aromatic nitrogens is 4. The summed E-state index contributed by atoms with van der Waals surface area (Å²) in [5.41, 5.74) is 4.22. The van der Waals surface area contributed by atoms with Crippen molar-refractivity contribution in [3.8, 4) is 0 Å². The summed E-state index contributed by atoms with van der Waals surface area (Å²) >= 11 is 7.42. The minimum Gasteiger partial charge on any atom is -0.365 e. The Morgan fingerprint density at radius 1 is 1.30 bits per heavy atom. The number of primary amides is 1. The average Bonchev–Trinajstić information content (AvgIpc) is 3.25. The molecule has 0 aliphatic carbocycles. The van der Waals surface area contributed by atoms with Crippen LogP contribution in [0.3, 0.4) is 0 Å². The fourth-order valence-electron chi connectivity index (χ4n) is 3.27. The topological polar surface area (TPSA) is 98.7 Å². The van der Waals surface area contributed by atoms with Crippen molar-refractivity contribution >= 4 is 41.0 Å². The second kappa shape index (κ2) is 8.08. The van der Waals surface area contributed by atoms with E-state index in [1.54, 1.807) is 24.0 Å². The molecule has 3 heterocycles. The summed E-state index contributed by atoms with van der Waals surface area (Å²) in [6.45, 7) is 0. The molecule has 30 heavy (non-hydrogen) atoms. The number of hydrogen-bond acceptors (Lipinski definition) is 6. The quantitative estimate of drug-likeness (QED) is 0.604. The predicted molar refractivity (Wildman–Crippen MR) is 115 cm³/mol. The maximum absolute atomic E-state index is 16.6. The molecule has 2 unspecified atom stereocenters. The number of allylic oxidation sites excluding steroid dienone is 1. The summed E-state index contributed by atoms with van der Waals surface area (Å²) in [5.74, 6) is 0.0691. The molecule has 2 aromatic heterocycles. The number of aryl methyl sites for hydroxylation is 1. The van der Waals surface area contributed by atoms with Crippen molar-refractivity contribution in [2.24, 2.45) is 12.8 Å². The number of carbonyl (C=O) groups is 1. The third kappa shape index (κ3) is 3.66. The Labute approximate surface area is 181 Å². The van der Waals surface area contributed by atoms with Crippen molar-refractivity contribution < 1.29 is 9.18 Å². The van der Waals surface area contributed by atoms with Gasteiger partial charge in [-0.15, -0.1) is 11.8 Å². The first-order valence-corrected chi connectivity index (χ1v) is 10.3. The third-order valence-electron chi connectivity index (χ3n) is 4.80. The lowest BCUT2D eigenvalue weighted by Gasteiger charge is -2.27. The molecule has 0 fully saturated rings. The minimum absolute atomic E-state index is 0.0138. The lowest BCUT2D eigenvalue weighted by molar-refractivity contribution is -0.113. The van der Waals surface area contributed by atoms with Crippen LogP contribution in [0.5, 0.6) is 0 Å². The van der Waals surface area contributed by atoms with Crippen molar-refractivity contribution in [2.75, 3.05) is 5.32 Å². The number of nitrogens with one attached hydrogen (secondary N) is 1. The number of thioether (sulfide) groups is 1. The molecule has 0 radical (unpaired) electrons. The number of rotatable bonds is 6. The third-order valence-corrected chi connectivity index (χ3v) is 6.79. The molecule has 0 saturated carbocycles. The van der Waals surface area contributed by atoms with Crippen LogP contribution in [0, 0.1) is 0 Å². The van der Waals surface area contributed by atoms with Gasteiger partial charge in [0, 0.05) is 19.3 Å². The van der Waals surface area contributed by atoms with Crippen molar-refractivity contribution in [2.45, 2.75) is 17.3 Å². The number of amides is 1. The number of alkyl halides is 1. The molecule has 1 aliphatic rings. The summed E-state index contributed by atoms with van der Waals surface area (Å²) in [5, 5.41) is 6.11. The molecule has 4 rings (SSSR count). The van der Waals surface area contributed by atoms with Gasteiger partial charge in [0.1, 0.15) is 5.82 Å². The van der Waals surface area contributed by atoms with E-state index in [9.17, 15) is 4.79 Å². The molecule has 3 aromatic rings. The van der Waals surface area contributed by atoms with Gasteiger partial charge in [-0.3, -0.25) is 9.48 Å². The lowest BCUT2D eigenvalue weighted by Crippen LogP contribution is -2.33. The van der Waals surface area contributed by atoms with Gasteiger partial charge in [-0.1, -0.05) is 41.9 Å². The lowest BCUT2D eigenvalue weighted by atomic mass is 9.91. The SMILES string of the molecule is Cn1nccc1Nc1nccc(C2(F)C(Cl)=C(C(N)=O)SC2Cc2ccccc2)n1. The molecule has 1 amide bonds. The number of nitrogens with zero attached hydrogens (tertiary/aromatic N) is 4. The monoisotopic (exact) mass is 444 g/mol. The summed E-state index contributed by atoms with van der Waals surface area (Å²) in [6.07, 6.45) is 3.40. The number of benzene rings is 1. The van der Waals surface area contributed by atoms with Gasteiger partial charge in [-0.05, 0) is 18.1 Å². The Bertz CT molecular complexity index is 1120. The molecule has 1 aromatic carbocycles. The zero-order valence-corrected chi connectivity index (χ0v) is 17.5. The number of hydrogen-bond donors (Lipinski definition) is 2. The molecule has 2 atom stereocenters. The van der Waals surface area contributed by atoms with Crippen molar-refractivity contribution in [1.29, 1.82) is 0 Å². The molecule has 0 saturated heterocycles. The largest absolute Gasteiger partial charge is 0.365 e. The van der Waals surface area contributed by atoms with Gasteiger partial charge >= 0.3 is 0 Å². The van der Waals surface area contributed by atoms with Crippen molar-refractivity contribution in [3.05, 3.63) is 76.1 Å². The minimum atomic E-state index is -2.20. The first-order chi connectivity index (χ1) is 14.4. The normalized spacial score (nSPS) is 21.1. The number of anilines is 2. The van der Waals surface area contributed by atoms with E-state index in [1.165, 1.54) is 12.3 Å². The standard InChI is InChI=1S/C20H18ClFN6OS/c1-28-15(8-10-25-28)27-19-24-9-7-13(26-19)20(22)14(11-12-5-3-2-4-6-12)30-16(17(20)21)18(23)29/h2-10,14H,11H2,1H3,(H2,23,29)(H,24,26,27). The van der Waals surface area contributed by atoms with Gasteiger partial charge in [0.2, 0.25) is 11.6 Å². The Kier molecular flexibility index (Phi) is 5.48. The van der Waals surface area contributed by atoms with Crippen LogP contribution in [0.1, 0.15) is 11.3 Å². The average molecular weight is 445 g/mol. The Morgan fingerprint density at radius 3 is 2.73 bits per heavy atom. The highest BCUT2D eigenvalue weighted by Gasteiger charge is 2.53. The van der Waals surface area contributed by atoms with E-state index in [0.717, 1.165) is 17.3 Å². The zero-order valence-electron chi connectivity index (χ0n) is 15.9. The van der Waals surface area contributed by atoms with E-state index < -0.39 is 16.8 Å². The van der Waals surface area contributed by atoms with Crippen LogP contribution in [-0.2, 0) is 23.9 Å². The van der Waals surface area contributed by atoms with E-state index in [1.807, 2.05) is 30.3 Å². The van der Waals surface area contributed by atoms with Crippen LogP contribution in [0.25, 0.3) is 0 Å². The van der Waals surface area contributed by atoms with E-state index in [4.69, 9.17) is 17.3 Å². The van der Waals surface area contributed by atoms with Gasteiger partial charge in [0.15, 0.2) is 0 Å². The van der Waals surface area contributed by atoms with Crippen LogP contribution in [-0.4, -0.2) is 30.9 Å². The molecule has 3 N–H and O–H groups in total. The summed E-state index contributed by atoms with van der Waals surface area (Å²) in [7, 11) is 1.76. The van der Waals surface area contributed by atoms with Gasteiger partial charge in [-0.2, -0.15) is 5.10 Å². The van der Waals surface area contributed by atoms with E-state index in [-0.39, 0.29) is 21.6 Å². The predicted octanol–water partition coefficient (Wildman–Crippen LogP) is 3.41. The fraction of sp³-hybridized carbons (Fsp3) is 0.200. The van der Waals surface area contributed by atoms with Crippen LogP contribution >= 0.6 is 23.4 Å².